The zero-order chi connectivity index (χ0) is 12.1. The van der Waals surface area contributed by atoms with Crippen molar-refractivity contribution in [1.82, 2.24) is 4.98 Å². The number of nitriles is 1. The highest BCUT2D eigenvalue weighted by molar-refractivity contribution is 7.99. The number of aliphatic imine (C=N–C) groups is 1. The van der Waals surface area contributed by atoms with E-state index in [-0.39, 0.29) is 5.25 Å². The Hall–Kier alpha value is -1.86. The van der Waals surface area contributed by atoms with Crippen molar-refractivity contribution in [2.75, 3.05) is 6.26 Å². The lowest BCUT2D eigenvalue weighted by Gasteiger charge is -2.04. The van der Waals surface area contributed by atoms with Crippen LogP contribution in [0, 0.1) is 11.3 Å². The van der Waals surface area contributed by atoms with Crippen LogP contribution in [-0.4, -0.2) is 22.7 Å². The minimum Gasteiger partial charge on any atom is -0.264 e. The van der Waals surface area contributed by atoms with Gasteiger partial charge in [-0.2, -0.15) is 17.0 Å². The van der Waals surface area contributed by atoms with Crippen LogP contribution >= 0.6 is 11.8 Å². The second-order valence-electron chi connectivity index (χ2n) is 3.49. The van der Waals surface area contributed by atoms with Gasteiger partial charge in [0, 0.05) is 29.4 Å². The average molecular weight is 241 g/mol. The van der Waals surface area contributed by atoms with Gasteiger partial charge in [0.1, 0.15) is 6.07 Å². The summed E-state index contributed by atoms with van der Waals surface area (Å²) < 4.78 is 0. The molecule has 0 saturated heterocycles. The van der Waals surface area contributed by atoms with E-state index in [4.69, 9.17) is 5.26 Å². The van der Waals surface area contributed by atoms with Crippen molar-refractivity contribution in [1.29, 1.82) is 5.26 Å². The highest BCUT2D eigenvalue weighted by atomic mass is 32.2. The molecule has 84 valence electrons. The normalized spacial score (nSPS) is 18.9. The summed E-state index contributed by atoms with van der Waals surface area (Å²) in [5, 5.41) is 9.10. The first kappa shape index (κ1) is 11.6. The Morgan fingerprint density at radius 2 is 2.29 bits per heavy atom. The van der Waals surface area contributed by atoms with Gasteiger partial charge in [0.25, 0.3) is 0 Å². The molecule has 0 aliphatic carbocycles. The summed E-state index contributed by atoms with van der Waals surface area (Å²) in [6.45, 7) is 0. The summed E-state index contributed by atoms with van der Waals surface area (Å²) in [6.07, 6.45) is 11.1. The standard InChI is InChI=1S/C13H11N3S/c1-17-12-5-10(7-14)8-16-13(6-12)11-3-2-4-15-9-11/h2-6,8-9,12H,1H3. The van der Waals surface area contributed by atoms with Crippen LogP contribution in [0.4, 0.5) is 0 Å². The van der Waals surface area contributed by atoms with Crippen LogP contribution in [0.25, 0.3) is 5.70 Å². The van der Waals surface area contributed by atoms with Crippen LogP contribution < -0.4 is 0 Å². The van der Waals surface area contributed by atoms with Crippen molar-refractivity contribution in [3.8, 4) is 6.07 Å². The maximum atomic E-state index is 8.93. The number of hydrogen-bond acceptors (Lipinski definition) is 4. The van der Waals surface area contributed by atoms with E-state index >= 15 is 0 Å². The molecule has 0 bridgehead atoms. The van der Waals surface area contributed by atoms with Gasteiger partial charge in [-0.15, -0.1) is 0 Å². The number of rotatable bonds is 2. The number of aromatic nitrogens is 1. The molecule has 1 aliphatic rings. The number of pyridine rings is 1. The highest BCUT2D eigenvalue weighted by Gasteiger charge is 2.09. The first-order chi connectivity index (χ1) is 8.33. The average Bonchev–Trinajstić information content (AvgIpc) is 2.61. The predicted molar refractivity (Wildman–Crippen MR) is 71.7 cm³/mol. The molecule has 17 heavy (non-hydrogen) atoms. The fourth-order valence-electron chi connectivity index (χ4n) is 1.49. The van der Waals surface area contributed by atoms with Gasteiger partial charge in [-0.3, -0.25) is 9.98 Å². The van der Waals surface area contributed by atoms with Gasteiger partial charge in [-0.05, 0) is 30.5 Å². The molecule has 0 fully saturated rings. The molecule has 0 saturated carbocycles. The van der Waals surface area contributed by atoms with Gasteiger partial charge >= 0.3 is 0 Å². The largest absolute Gasteiger partial charge is 0.264 e. The number of thioether (sulfide) groups is 1. The van der Waals surface area contributed by atoms with E-state index in [9.17, 15) is 0 Å². The van der Waals surface area contributed by atoms with Crippen LogP contribution in [0.3, 0.4) is 0 Å². The number of hydrogen-bond donors (Lipinski definition) is 0. The van der Waals surface area contributed by atoms with Gasteiger partial charge in [0.2, 0.25) is 0 Å². The number of allylic oxidation sites excluding steroid dienone is 1. The fourth-order valence-corrected chi connectivity index (χ4v) is 2.04. The van der Waals surface area contributed by atoms with E-state index in [2.05, 4.69) is 16.0 Å². The Bertz CT molecular complexity index is 523. The van der Waals surface area contributed by atoms with Crippen molar-refractivity contribution in [3.05, 3.63) is 47.8 Å². The molecule has 1 aromatic rings. The van der Waals surface area contributed by atoms with Crippen molar-refractivity contribution >= 4 is 23.7 Å². The predicted octanol–water partition coefficient (Wildman–Crippen LogP) is 2.69. The third kappa shape index (κ3) is 2.83. The van der Waals surface area contributed by atoms with Crippen molar-refractivity contribution in [2.45, 2.75) is 5.25 Å². The van der Waals surface area contributed by atoms with Gasteiger partial charge in [-0.1, -0.05) is 0 Å². The topological polar surface area (TPSA) is 49.0 Å². The minimum absolute atomic E-state index is 0.169. The van der Waals surface area contributed by atoms with Crippen LogP contribution in [0.5, 0.6) is 0 Å². The Balaban J connectivity index is 2.38. The third-order valence-corrected chi connectivity index (χ3v) is 3.18. The van der Waals surface area contributed by atoms with Crippen molar-refractivity contribution in [2.24, 2.45) is 4.99 Å². The van der Waals surface area contributed by atoms with Crippen molar-refractivity contribution in [3.63, 3.8) is 0 Å². The summed E-state index contributed by atoms with van der Waals surface area (Å²) in [6, 6.07) is 5.97. The van der Waals surface area contributed by atoms with Crippen LogP contribution in [0.1, 0.15) is 5.56 Å². The molecular weight excluding hydrogens is 230 g/mol. The monoisotopic (exact) mass is 241 g/mol. The first-order valence-corrected chi connectivity index (χ1v) is 6.43. The van der Waals surface area contributed by atoms with E-state index in [1.165, 1.54) is 0 Å². The molecule has 0 N–H and O–H groups in total. The van der Waals surface area contributed by atoms with Gasteiger partial charge < -0.3 is 0 Å². The summed E-state index contributed by atoms with van der Waals surface area (Å²) in [5.74, 6) is 0. The van der Waals surface area contributed by atoms with E-state index in [0.29, 0.717) is 5.57 Å². The maximum absolute atomic E-state index is 8.93. The quantitative estimate of drug-likeness (QED) is 0.799. The SMILES string of the molecule is CSC1C=C(C#N)C=NC(c2cccnc2)=C1. The Morgan fingerprint density at radius 3 is 2.94 bits per heavy atom. The Morgan fingerprint density at radius 1 is 1.41 bits per heavy atom. The molecule has 4 heteroatoms. The van der Waals surface area contributed by atoms with Gasteiger partial charge in [0.15, 0.2) is 0 Å². The summed E-state index contributed by atoms with van der Waals surface area (Å²) in [7, 11) is 0. The van der Waals surface area contributed by atoms with Crippen LogP contribution in [0.2, 0.25) is 0 Å². The zero-order valence-electron chi connectivity index (χ0n) is 9.37. The van der Waals surface area contributed by atoms with Gasteiger partial charge in [0.05, 0.1) is 11.3 Å². The minimum atomic E-state index is 0.169. The fraction of sp³-hybridized carbons (Fsp3) is 0.154. The molecule has 1 unspecified atom stereocenters. The Kier molecular flexibility index (Phi) is 3.73. The van der Waals surface area contributed by atoms with Crippen molar-refractivity contribution < 1.29 is 0 Å². The number of nitrogens with zero attached hydrogens (tertiary/aromatic N) is 3. The molecule has 1 atom stereocenters. The molecular formula is C13H11N3S. The molecule has 2 heterocycles. The Labute approximate surface area is 105 Å². The lowest BCUT2D eigenvalue weighted by Crippen LogP contribution is -1.94. The lowest BCUT2D eigenvalue weighted by molar-refractivity contribution is 1.29. The molecule has 2 rings (SSSR count). The molecule has 0 radical (unpaired) electrons. The van der Waals surface area contributed by atoms with Crippen LogP contribution in [-0.2, 0) is 0 Å². The van der Waals surface area contributed by atoms with E-state index in [0.717, 1.165) is 11.3 Å². The van der Waals surface area contributed by atoms with Crippen LogP contribution in [0.15, 0.2) is 47.2 Å². The molecule has 0 spiro atoms. The molecule has 0 amide bonds. The molecule has 1 aromatic heterocycles. The first-order valence-electron chi connectivity index (χ1n) is 5.14. The zero-order valence-corrected chi connectivity index (χ0v) is 10.2. The highest BCUT2D eigenvalue weighted by Crippen LogP contribution is 2.23. The van der Waals surface area contributed by atoms with E-state index in [1.807, 2.05) is 30.5 Å². The second-order valence-corrected chi connectivity index (χ2v) is 4.50. The smallest absolute Gasteiger partial charge is 0.100 e. The lowest BCUT2D eigenvalue weighted by atomic mass is 10.2. The third-order valence-electron chi connectivity index (χ3n) is 2.37. The summed E-state index contributed by atoms with van der Waals surface area (Å²) >= 11 is 1.67. The van der Waals surface area contributed by atoms with Gasteiger partial charge in [-0.25, -0.2) is 0 Å². The second kappa shape index (κ2) is 5.46. The van der Waals surface area contributed by atoms with E-state index in [1.54, 1.807) is 30.4 Å². The van der Waals surface area contributed by atoms with E-state index < -0.39 is 0 Å². The molecule has 3 nitrogen and oxygen atoms in total. The summed E-state index contributed by atoms with van der Waals surface area (Å²) in [5.41, 5.74) is 2.42. The maximum Gasteiger partial charge on any atom is 0.100 e. The molecule has 0 aromatic carbocycles. The summed E-state index contributed by atoms with van der Waals surface area (Å²) in [4.78, 5) is 8.41. The molecule has 1 aliphatic heterocycles.